The molecule has 3 heteroatoms. The molecule has 13 heavy (non-hydrogen) atoms. The fourth-order valence-electron chi connectivity index (χ4n) is 1.71. The number of thiophene rings is 1. The van der Waals surface area contributed by atoms with Crippen molar-refractivity contribution >= 4 is 11.3 Å². The van der Waals surface area contributed by atoms with E-state index in [1.54, 1.807) is 11.3 Å². The van der Waals surface area contributed by atoms with E-state index in [-0.39, 0.29) is 6.10 Å². The molecule has 1 aromatic heterocycles. The van der Waals surface area contributed by atoms with E-state index in [1.807, 2.05) is 17.5 Å². The fraction of sp³-hybridized carbons (Fsp3) is 0.600. The van der Waals surface area contributed by atoms with Gasteiger partial charge in [-0.25, -0.2) is 0 Å². The molecule has 1 N–H and O–H groups in total. The third-order valence-corrected chi connectivity index (χ3v) is 3.42. The zero-order chi connectivity index (χ0) is 9.10. The van der Waals surface area contributed by atoms with Crippen LogP contribution in [0.2, 0.25) is 0 Å². The van der Waals surface area contributed by atoms with Crippen LogP contribution in [0.5, 0.6) is 0 Å². The Bertz CT molecular complexity index is 239. The van der Waals surface area contributed by atoms with Crippen molar-refractivity contribution in [3.05, 3.63) is 22.4 Å². The van der Waals surface area contributed by atoms with E-state index in [1.165, 1.54) is 0 Å². The van der Waals surface area contributed by atoms with Gasteiger partial charge in [0.2, 0.25) is 0 Å². The predicted octanol–water partition coefficient (Wildman–Crippen LogP) is 2.21. The van der Waals surface area contributed by atoms with Gasteiger partial charge in [0.15, 0.2) is 0 Å². The maximum absolute atomic E-state index is 9.96. The Morgan fingerprint density at radius 1 is 1.62 bits per heavy atom. The monoisotopic (exact) mass is 198 g/mol. The predicted molar refractivity (Wildman–Crippen MR) is 52.8 cm³/mol. The minimum Gasteiger partial charge on any atom is -0.387 e. The van der Waals surface area contributed by atoms with Gasteiger partial charge >= 0.3 is 0 Å². The molecule has 2 heterocycles. The van der Waals surface area contributed by atoms with E-state index in [0.29, 0.717) is 12.5 Å². The van der Waals surface area contributed by atoms with E-state index in [9.17, 15) is 5.11 Å². The Morgan fingerprint density at radius 3 is 3.15 bits per heavy atom. The van der Waals surface area contributed by atoms with E-state index in [0.717, 1.165) is 24.3 Å². The first-order valence-electron chi connectivity index (χ1n) is 4.67. The summed E-state index contributed by atoms with van der Waals surface area (Å²) in [7, 11) is 0. The Balaban J connectivity index is 1.99. The second kappa shape index (κ2) is 4.22. The molecule has 1 saturated heterocycles. The molecule has 1 aromatic rings. The van der Waals surface area contributed by atoms with E-state index in [4.69, 9.17) is 4.74 Å². The summed E-state index contributed by atoms with van der Waals surface area (Å²) in [5.74, 6) is 0.299. The summed E-state index contributed by atoms with van der Waals surface area (Å²) in [6.07, 6.45) is 1.84. The van der Waals surface area contributed by atoms with Crippen LogP contribution in [0.1, 0.15) is 23.8 Å². The van der Waals surface area contributed by atoms with Crippen molar-refractivity contribution in [3.63, 3.8) is 0 Å². The SMILES string of the molecule is OC(c1cccs1)C1CCCOC1. The van der Waals surface area contributed by atoms with Crippen LogP contribution in [-0.2, 0) is 4.74 Å². The minimum atomic E-state index is -0.319. The van der Waals surface area contributed by atoms with Crippen LogP contribution in [0, 0.1) is 5.92 Å². The molecule has 0 aromatic carbocycles. The topological polar surface area (TPSA) is 29.5 Å². The van der Waals surface area contributed by atoms with Crippen LogP contribution < -0.4 is 0 Å². The largest absolute Gasteiger partial charge is 0.387 e. The maximum atomic E-state index is 9.96. The lowest BCUT2D eigenvalue weighted by atomic mass is 9.95. The molecule has 0 spiro atoms. The second-order valence-electron chi connectivity index (χ2n) is 3.44. The Kier molecular flexibility index (Phi) is 2.98. The highest BCUT2D eigenvalue weighted by molar-refractivity contribution is 7.10. The van der Waals surface area contributed by atoms with Crippen molar-refractivity contribution < 1.29 is 9.84 Å². The van der Waals surface area contributed by atoms with Crippen LogP contribution in [0.25, 0.3) is 0 Å². The third kappa shape index (κ3) is 2.10. The summed E-state index contributed by atoms with van der Waals surface area (Å²) in [6, 6.07) is 3.97. The van der Waals surface area contributed by atoms with Crippen LogP contribution in [0.4, 0.5) is 0 Å². The number of aliphatic hydroxyl groups excluding tert-OH is 1. The highest BCUT2D eigenvalue weighted by Gasteiger charge is 2.23. The Labute approximate surface area is 82.2 Å². The molecule has 0 amide bonds. The standard InChI is InChI=1S/C10H14O2S/c11-10(9-4-2-6-13-9)8-3-1-5-12-7-8/h2,4,6,8,10-11H,1,3,5,7H2. The smallest absolute Gasteiger partial charge is 0.0931 e. The van der Waals surface area contributed by atoms with Crippen molar-refractivity contribution in [2.75, 3.05) is 13.2 Å². The quantitative estimate of drug-likeness (QED) is 0.789. The summed E-state index contributed by atoms with van der Waals surface area (Å²) in [4.78, 5) is 1.07. The van der Waals surface area contributed by atoms with Crippen LogP contribution in [0.15, 0.2) is 17.5 Å². The molecule has 2 atom stereocenters. The third-order valence-electron chi connectivity index (χ3n) is 2.48. The highest BCUT2D eigenvalue weighted by atomic mass is 32.1. The fourth-order valence-corrected chi connectivity index (χ4v) is 2.51. The van der Waals surface area contributed by atoms with Gasteiger partial charge in [-0.3, -0.25) is 0 Å². The average Bonchev–Trinajstić information content (AvgIpc) is 2.71. The van der Waals surface area contributed by atoms with Gasteiger partial charge in [0, 0.05) is 17.4 Å². The Hall–Kier alpha value is -0.380. The molecule has 2 nitrogen and oxygen atoms in total. The van der Waals surface area contributed by atoms with Gasteiger partial charge in [0.25, 0.3) is 0 Å². The number of ether oxygens (including phenoxy) is 1. The van der Waals surface area contributed by atoms with E-state index in [2.05, 4.69) is 0 Å². The molecule has 1 aliphatic heterocycles. The number of aliphatic hydroxyl groups is 1. The normalized spacial score (nSPS) is 25.8. The van der Waals surface area contributed by atoms with Crippen LogP contribution in [-0.4, -0.2) is 18.3 Å². The summed E-state index contributed by atoms with van der Waals surface area (Å²) in [5.41, 5.74) is 0. The molecular weight excluding hydrogens is 184 g/mol. The molecule has 0 radical (unpaired) electrons. The minimum absolute atomic E-state index is 0.299. The van der Waals surface area contributed by atoms with Gasteiger partial charge in [0.1, 0.15) is 0 Å². The van der Waals surface area contributed by atoms with Crippen molar-refractivity contribution in [1.82, 2.24) is 0 Å². The van der Waals surface area contributed by atoms with Crippen molar-refractivity contribution in [3.8, 4) is 0 Å². The van der Waals surface area contributed by atoms with Gasteiger partial charge in [0.05, 0.1) is 12.7 Å². The zero-order valence-electron chi connectivity index (χ0n) is 7.48. The van der Waals surface area contributed by atoms with Crippen molar-refractivity contribution in [2.45, 2.75) is 18.9 Å². The Morgan fingerprint density at radius 2 is 2.54 bits per heavy atom. The maximum Gasteiger partial charge on any atom is 0.0931 e. The van der Waals surface area contributed by atoms with E-state index >= 15 is 0 Å². The van der Waals surface area contributed by atoms with Crippen LogP contribution in [0.3, 0.4) is 0 Å². The molecule has 2 rings (SSSR count). The van der Waals surface area contributed by atoms with Gasteiger partial charge in [-0.15, -0.1) is 11.3 Å². The van der Waals surface area contributed by atoms with Gasteiger partial charge in [-0.05, 0) is 24.3 Å². The van der Waals surface area contributed by atoms with Crippen molar-refractivity contribution in [1.29, 1.82) is 0 Å². The first-order chi connectivity index (χ1) is 6.38. The van der Waals surface area contributed by atoms with Gasteiger partial charge in [-0.1, -0.05) is 6.07 Å². The molecule has 0 bridgehead atoms. The average molecular weight is 198 g/mol. The first-order valence-corrected chi connectivity index (χ1v) is 5.55. The summed E-state index contributed by atoms with van der Waals surface area (Å²) >= 11 is 1.62. The lowest BCUT2D eigenvalue weighted by molar-refractivity contribution is -0.00862. The number of rotatable bonds is 2. The van der Waals surface area contributed by atoms with Crippen molar-refractivity contribution in [2.24, 2.45) is 5.92 Å². The van der Waals surface area contributed by atoms with E-state index < -0.39 is 0 Å². The number of hydrogen-bond donors (Lipinski definition) is 1. The lowest BCUT2D eigenvalue weighted by Crippen LogP contribution is -2.23. The number of hydrogen-bond acceptors (Lipinski definition) is 3. The molecular formula is C10H14O2S. The highest BCUT2D eigenvalue weighted by Crippen LogP contribution is 2.30. The lowest BCUT2D eigenvalue weighted by Gasteiger charge is -2.25. The van der Waals surface area contributed by atoms with Crippen LogP contribution >= 0.6 is 11.3 Å². The second-order valence-corrected chi connectivity index (χ2v) is 4.42. The van der Waals surface area contributed by atoms with Gasteiger partial charge < -0.3 is 9.84 Å². The molecule has 0 aliphatic carbocycles. The summed E-state index contributed by atoms with van der Waals surface area (Å²) < 4.78 is 5.35. The molecule has 1 fully saturated rings. The molecule has 72 valence electrons. The summed E-state index contributed by atoms with van der Waals surface area (Å²) in [5, 5.41) is 12.0. The summed E-state index contributed by atoms with van der Waals surface area (Å²) in [6.45, 7) is 1.56. The molecule has 1 aliphatic rings. The molecule has 0 saturated carbocycles. The first kappa shape index (κ1) is 9.19. The zero-order valence-corrected chi connectivity index (χ0v) is 8.30. The van der Waals surface area contributed by atoms with Gasteiger partial charge in [-0.2, -0.15) is 0 Å². The molecule has 2 unspecified atom stereocenters.